The fourth-order valence-corrected chi connectivity index (χ4v) is 3.98. The van der Waals surface area contributed by atoms with Crippen molar-refractivity contribution in [2.45, 2.75) is 25.0 Å². The van der Waals surface area contributed by atoms with Gasteiger partial charge in [0.15, 0.2) is 0 Å². The number of carbonyl (C=O) groups is 2. The number of hydrogen-bond donors (Lipinski definition) is 1. The van der Waals surface area contributed by atoms with Gasteiger partial charge in [-0.2, -0.15) is 0 Å². The highest BCUT2D eigenvalue weighted by atomic mass is 16.6. The molecule has 2 aromatic carbocycles. The fraction of sp³-hybridized carbons (Fsp3) is 0.333. The van der Waals surface area contributed by atoms with Gasteiger partial charge in [0.1, 0.15) is 12.2 Å². The summed E-state index contributed by atoms with van der Waals surface area (Å²) in [4.78, 5) is 23.9. The lowest BCUT2D eigenvalue weighted by Gasteiger charge is -2.20. The Kier molecular flexibility index (Phi) is 4.47. The van der Waals surface area contributed by atoms with E-state index in [4.69, 9.17) is 9.47 Å². The minimum absolute atomic E-state index is 0.0641. The third kappa shape index (κ3) is 3.10. The predicted molar refractivity (Wildman–Crippen MR) is 94.3 cm³/mol. The van der Waals surface area contributed by atoms with Crippen molar-refractivity contribution in [3.05, 3.63) is 60.2 Å². The Hall–Kier alpha value is -2.66. The lowest BCUT2D eigenvalue weighted by atomic mass is 9.93. The molecular weight excluding hydrogens is 332 g/mol. The first-order chi connectivity index (χ1) is 12.7. The number of ether oxygens (including phenoxy) is 2. The highest BCUT2D eigenvalue weighted by Gasteiger charge is 2.51. The van der Waals surface area contributed by atoms with E-state index in [1.165, 1.54) is 0 Å². The highest BCUT2D eigenvalue weighted by molar-refractivity contribution is 5.90. The summed E-state index contributed by atoms with van der Waals surface area (Å²) in [5.74, 6) is -0.969. The molecule has 134 valence electrons. The van der Waals surface area contributed by atoms with Crippen molar-refractivity contribution in [1.29, 1.82) is 0 Å². The smallest absolute Gasteiger partial charge is 0.338 e. The number of aliphatic hydroxyl groups excluding tert-OH is 1. The molecule has 1 heterocycles. The standard InChI is InChI=1S/C21H20O5/c22-12-17-16-10-20(23)25-18(16)11-19(17)26-21(24)15-8-6-14(7-9-15)13-4-2-1-3-5-13/h1-9,16-19,22H,10-12H2/t16-,17-,18+,19-/m1/s1. The molecule has 1 aliphatic heterocycles. The molecule has 4 atom stereocenters. The predicted octanol–water partition coefficient (Wildman–Crippen LogP) is 2.82. The van der Waals surface area contributed by atoms with Crippen molar-refractivity contribution in [2.24, 2.45) is 11.8 Å². The summed E-state index contributed by atoms with van der Waals surface area (Å²) in [5.41, 5.74) is 2.58. The Balaban J connectivity index is 1.44. The van der Waals surface area contributed by atoms with Gasteiger partial charge in [0, 0.05) is 24.9 Å². The van der Waals surface area contributed by atoms with Crippen LogP contribution >= 0.6 is 0 Å². The molecule has 0 radical (unpaired) electrons. The van der Waals surface area contributed by atoms with Gasteiger partial charge in [0.25, 0.3) is 0 Å². The summed E-state index contributed by atoms with van der Waals surface area (Å²) in [6.07, 6.45) is 0.0628. The average Bonchev–Trinajstić information content (AvgIpc) is 3.17. The van der Waals surface area contributed by atoms with Crippen molar-refractivity contribution >= 4 is 11.9 Å². The van der Waals surface area contributed by atoms with Gasteiger partial charge in [-0.3, -0.25) is 4.79 Å². The highest BCUT2D eigenvalue weighted by Crippen LogP contribution is 2.42. The van der Waals surface area contributed by atoms with Crippen molar-refractivity contribution < 1.29 is 24.2 Å². The molecule has 0 bridgehead atoms. The maximum Gasteiger partial charge on any atom is 0.338 e. The van der Waals surface area contributed by atoms with Crippen LogP contribution in [0.3, 0.4) is 0 Å². The Bertz CT molecular complexity index is 799. The van der Waals surface area contributed by atoms with Gasteiger partial charge in [-0.15, -0.1) is 0 Å². The van der Waals surface area contributed by atoms with E-state index in [0.29, 0.717) is 12.0 Å². The monoisotopic (exact) mass is 352 g/mol. The van der Waals surface area contributed by atoms with E-state index in [2.05, 4.69) is 0 Å². The van der Waals surface area contributed by atoms with Crippen LogP contribution in [-0.4, -0.2) is 35.9 Å². The summed E-state index contributed by atoms with van der Waals surface area (Å²) >= 11 is 0. The van der Waals surface area contributed by atoms with Crippen molar-refractivity contribution in [2.75, 3.05) is 6.61 Å². The van der Waals surface area contributed by atoms with Gasteiger partial charge in [-0.25, -0.2) is 4.79 Å². The third-order valence-electron chi connectivity index (χ3n) is 5.35. The molecular formula is C21H20O5. The minimum atomic E-state index is -0.426. The molecule has 0 aromatic heterocycles. The van der Waals surface area contributed by atoms with E-state index in [1.54, 1.807) is 12.1 Å². The van der Waals surface area contributed by atoms with Crippen LogP contribution in [0.5, 0.6) is 0 Å². The number of carbonyl (C=O) groups excluding carboxylic acids is 2. The van der Waals surface area contributed by atoms with Crippen LogP contribution in [0.1, 0.15) is 23.2 Å². The Morgan fingerprint density at radius 2 is 1.77 bits per heavy atom. The van der Waals surface area contributed by atoms with Crippen LogP contribution in [0.2, 0.25) is 0 Å². The van der Waals surface area contributed by atoms with Crippen LogP contribution in [0.4, 0.5) is 0 Å². The fourth-order valence-electron chi connectivity index (χ4n) is 3.98. The molecule has 4 rings (SSSR count). The number of benzene rings is 2. The molecule has 2 fully saturated rings. The summed E-state index contributed by atoms with van der Waals surface area (Å²) in [5, 5.41) is 9.66. The van der Waals surface area contributed by atoms with Gasteiger partial charge < -0.3 is 14.6 Å². The average molecular weight is 352 g/mol. The van der Waals surface area contributed by atoms with E-state index < -0.39 is 12.1 Å². The second kappa shape index (κ2) is 6.92. The maximum atomic E-state index is 12.5. The number of hydrogen-bond acceptors (Lipinski definition) is 5. The minimum Gasteiger partial charge on any atom is -0.462 e. The Morgan fingerprint density at radius 3 is 2.46 bits per heavy atom. The van der Waals surface area contributed by atoms with Gasteiger partial charge in [0.2, 0.25) is 0 Å². The number of fused-ring (bicyclic) bond motifs is 1. The molecule has 1 N–H and O–H groups in total. The first kappa shape index (κ1) is 16.8. The van der Waals surface area contributed by atoms with Crippen molar-refractivity contribution in [3.8, 4) is 11.1 Å². The first-order valence-corrected chi connectivity index (χ1v) is 8.82. The van der Waals surface area contributed by atoms with Gasteiger partial charge in [-0.1, -0.05) is 42.5 Å². The quantitative estimate of drug-likeness (QED) is 0.857. The lowest BCUT2D eigenvalue weighted by molar-refractivity contribution is -0.141. The van der Waals surface area contributed by atoms with E-state index >= 15 is 0 Å². The second-order valence-electron chi connectivity index (χ2n) is 6.87. The van der Waals surface area contributed by atoms with Crippen molar-refractivity contribution in [1.82, 2.24) is 0 Å². The van der Waals surface area contributed by atoms with E-state index in [1.807, 2.05) is 42.5 Å². The molecule has 26 heavy (non-hydrogen) atoms. The van der Waals surface area contributed by atoms with Gasteiger partial charge in [-0.05, 0) is 23.3 Å². The summed E-state index contributed by atoms with van der Waals surface area (Å²) in [6.45, 7) is -0.122. The first-order valence-electron chi connectivity index (χ1n) is 8.82. The Morgan fingerprint density at radius 1 is 1.08 bits per heavy atom. The topological polar surface area (TPSA) is 72.8 Å². The molecule has 2 aliphatic rings. The molecule has 5 nitrogen and oxygen atoms in total. The Labute approximate surface area is 151 Å². The molecule has 1 saturated carbocycles. The van der Waals surface area contributed by atoms with Gasteiger partial charge in [0.05, 0.1) is 12.0 Å². The zero-order valence-electron chi connectivity index (χ0n) is 14.2. The van der Waals surface area contributed by atoms with Crippen LogP contribution in [0.15, 0.2) is 54.6 Å². The van der Waals surface area contributed by atoms with Crippen LogP contribution in [0, 0.1) is 11.8 Å². The van der Waals surface area contributed by atoms with Crippen LogP contribution in [-0.2, 0) is 14.3 Å². The summed E-state index contributed by atoms with van der Waals surface area (Å²) in [6, 6.07) is 17.2. The molecule has 2 aromatic rings. The van der Waals surface area contributed by atoms with Crippen LogP contribution < -0.4 is 0 Å². The molecule has 1 aliphatic carbocycles. The lowest BCUT2D eigenvalue weighted by Crippen LogP contribution is -2.28. The number of esters is 2. The second-order valence-corrected chi connectivity index (χ2v) is 6.87. The summed E-state index contributed by atoms with van der Waals surface area (Å²) < 4.78 is 10.9. The molecule has 0 unspecified atom stereocenters. The molecule has 5 heteroatoms. The third-order valence-corrected chi connectivity index (χ3v) is 5.35. The van der Waals surface area contributed by atoms with Gasteiger partial charge >= 0.3 is 11.9 Å². The van der Waals surface area contributed by atoms with E-state index in [-0.39, 0.29) is 36.9 Å². The molecule has 0 amide bonds. The SMILES string of the molecule is O=C1C[C@@H]2[C@@H](CO)[C@H](OC(=O)c3ccc(-c4ccccc4)cc3)C[C@@H]2O1. The molecule has 0 spiro atoms. The number of rotatable bonds is 4. The summed E-state index contributed by atoms with van der Waals surface area (Å²) in [7, 11) is 0. The molecule has 1 saturated heterocycles. The van der Waals surface area contributed by atoms with E-state index in [9.17, 15) is 14.7 Å². The number of aliphatic hydroxyl groups is 1. The normalized spacial score (nSPS) is 27.0. The van der Waals surface area contributed by atoms with Crippen LogP contribution in [0.25, 0.3) is 11.1 Å². The largest absolute Gasteiger partial charge is 0.462 e. The maximum absolute atomic E-state index is 12.5. The zero-order chi connectivity index (χ0) is 18.1. The zero-order valence-corrected chi connectivity index (χ0v) is 14.2. The van der Waals surface area contributed by atoms with Crippen molar-refractivity contribution in [3.63, 3.8) is 0 Å². The van der Waals surface area contributed by atoms with E-state index in [0.717, 1.165) is 11.1 Å².